The van der Waals surface area contributed by atoms with E-state index in [2.05, 4.69) is 27.8 Å². The van der Waals surface area contributed by atoms with Crippen LogP contribution in [-0.4, -0.2) is 31.9 Å². The van der Waals surface area contributed by atoms with Crippen LogP contribution in [0.5, 0.6) is 0 Å². The Morgan fingerprint density at radius 3 is 2.92 bits per heavy atom. The number of benzene rings is 2. The van der Waals surface area contributed by atoms with Gasteiger partial charge < -0.3 is 5.32 Å². The maximum absolute atomic E-state index is 12.6. The van der Waals surface area contributed by atoms with Crippen molar-refractivity contribution in [1.29, 1.82) is 0 Å². The third kappa shape index (κ3) is 3.74. The van der Waals surface area contributed by atoms with E-state index < -0.39 is 0 Å². The second-order valence-electron chi connectivity index (χ2n) is 4.83. The summed E-state index contributed by atoms with van der Waals surface area (Å²) in [4.78, 5) is 13.6. The Bertz CT molecular complexity index is 853. The van der Waals surface area contributed by atoms with Crippen molar-refractivity contribution in [1.82, 2.24) is 20.2 Å². The van der Waals surface area contributed by atoms with Gasteiger partial charge in [0.1, 0.15) is 6.33 Å². The first-order chi connectivity index (χ1) is 11.7. The number of tetrazole rings is 1. The Labute approximate surface area is 148 Å². The van der Waals surface area contributed by atoms with Gasteiger partial charge in [0.25, 0.3) is 5.91 Å². The number of hydrogen-bond donors (Lipinski definition) is 1. The highest BCUT2D eigenvalue weighted by Crippen LogP contribution is 2.30. The highest BCUT2D eigenvalue weighted by Gasteiger charge is 2.11. The average molecular weight is 360 g/mol. The molecule has 0 spiro atoms. The molecule has 0 aliphatic rings. The van der Waals surface area contributed by atoms with E-state index in [9.17, 15) is 4.79 Å². The first kappa shape index (κ1) is 16.5. The van der Waals surface area contributed by atoms with E-state index in [1.807, 2.05) is 18.2 Å². The van der Waals surface area contributed by atoms with Crippen molar-refractivity contribution < 1.29 is 4.79 Å². The molecule has 1 amide bonds. The van der Waals surface area contributed by atoms with E-state index in [0.717, 1.165) is 10.6 Å². The zero-order valence-electron chi connectivity index (χ0n) is 12.8. The van der Waals surface area contributed by atoms with Gasteiger partial charge in [0, 0.05) is 15.5 Å². The zero-order valence-corrected chi connectivity index (χ0v) is 14.4. The SMILES string of the molecule is CCSc1ccc(Cl)cc1NC(=O)c1cccc(-n2cnnn2)c1. The molecule has 0 saturated heterocycles. The summed E-state index contributed by atoms with van der Waals surface area (Å²) >= 11 is 7.70. The fourth-order valence-corrected chi connectivity index (χ4v) is 3.06. The number of anilines is 1. The lowest BCUT2D eigenvalue weighted by Gasteiger charge is -2.11. The molecule has 3 aromatic rings. The minimum absolute atomic E-state index is 0.217. The van der Waals surface area contributed by atoms with Crippen LogP contribution in [0.25, 0.3) is 5.69 Å². The maximum Gasteiger partial charge on any atom is 0.255 e. The third-order valence-electron chi connectivity index (χ3n) is 3.21. The number of nitrogens with one attached hydrogen (secondary N) is 1. The lowest BCUT2D eigenvalue weighted by atomic mass is 10.2. The van der Waals surface area contributed by atoms with Crippen molar-refractivity contribution >= 4 is 35.0 Å². The number of hydrogen-bond acceptors (Lipinski definition) is 5. The summed E-state index contributed by atoms with van der Waals surface area (Å²) in [6, 6.07) is 12.5. The summed E-state index contributed by atoms with van der Waals surface area (Å²) in [6.45, 7) is 2.06. The Morgan fingerprint density at radius 1 is 1.29 bits per heavy atom. The van der Waals surface area contributed by atoms with Crippen molar-refractivity contribution in [3.8, 4) is 5.69 Å². The first-order valence-electron chi connectivity index (χ1n) is 7.24. The number of carbonyl (C=O) groups is 1. The van der Waals surface area contributed by atoms with Gasteiger partial charge in [0.05, 0.1) is 11.4 Å². The fraction of sp³-hybridized carbons (Fsp3) is 0.125. The second kappa shape index (κ2) is 7.46. The van der Waals surface area contributed by atoms with Crippen LogP contribution in [0.1, 0.15) is 17.3 Å². The van der Waals surface area contributed by atoms with Gasteiger partial charge in [-0.1, -0.05) is 24.6 Å². The van der Waals surface area contributed by atoms with Gasteiger partial charge in [0.15, 0.2) is 0 Å². The van der Waals surface area contributed by atoms with Crippen molar-refractivity contribution in [2.45, 2.75) is 11.8 Å². The van der Waals surface area contributed by atoms with Gasteiger partial charge in [-0.2, -0.15) is 0 Å². The highest BCUT2D eigenvalue weighted by molar-refractivity contribution is 7.99. The predicted molar refractivity (Wildman–Crippen MR) is 95.0 cm³/mol. The molecule has 2 aromatic carbocycles. The lowest BCUT2D eigenvalue weighted by Crippen LogP contribution is -2.13. The van der Waals surface area contributed by atoms with Gasteiger partial charge in [-0.15, -0.1) is 16.9 Å². The summed E-state index contributed by atoms with van der Waals surface area (Å²) in [5, 5.41) is 14.5. The number of thioether (sulfide) groups is 1. The first-order valence-corrected chi connectivity index (χ1v) is 8.61. The Balaban J connectivity index is 1.86. The molecule has 0 atom stereocenters. The quantitative estimate of drug-likeness (QED) is 0.703. The predicted octanol–water partition coefficient (Wildman–Crippen LogP) is 3.68. The number of carbonyl (C=O) groups excluding carboxylic acids is 1. The summed E-state index contributed by atoms with van der Waals surface area (Å²) in [7, 11) is 0. The van der Waals surface area contributed by atoms with Crippen LogP contribution in [0.4, 0.5) is 5.69 Å². The van der Waals surface area contributed by atoms with Gasteiger partial charge in [0.2, 0.25) is 0 Å². The summed E-state index contributed by atoms with van der Waals surface area (Å²) in [5.74, 6) is 0.685. The molecule has 122 valence electrons. The van der Waals surface area contributed by atoms with Crippen LogP contribution in [0.2, 0.25) is 5.02 Å². The molecule has 0 aliphatic carbocycles. The van der Waals surface area contributed by atoms with E-state index in [1.165, 1.54) is 11.0 Å². The second-order valence-corrected chi connectivity index (χ2v) is 6.57. The molecule has 0 unspecified atom stereocenters. The van der Waals surface area contributed by atoms with Crippen LogP contribution in [-0.2, 0) is 0 Å². The molecule has 0 radical (unpaired) electrons. The van der Waals surface area contributed by atoms with E-state index >= 15 is 0 Å². The molecule has 24 heavy (non-hydrogen) atoms. The molecule has 1 aromatic heterocycles. The third-order valence-corrected chi connectivity index (χ3v) is 4.40. The largest absolute Gasteiger partial charge is 0.321 e. The molecule has 0 aliphatic heterocycles. The molecule has 3 rings (SSSR count). The van der Waals surface area contributed by atoms with Crippen molar-refractivity contribution in [3.63, 3.8) is 0 Å². The van der Waals surface area contributed by atoms with E-state index in [0.29, 0.717) is 22.0 Å². The molecule has 8 heteroatoms. The van der Waals surface area contributed by atoms with E-state index in [4.69, 9.17) is 11.6 Å². The van der Waals surface area contributed by atoms with Crippen molar-refractivity contribution in [3.05, 3.63) is 59.4 Å². The van der Waals surface area contributed by atoms with Crippen LogP contribution >= 0.6 is 23.4 Å². The van der Waals surface area contributed by atoms with Crippen LogP contribution < -0.4 is 5.32 Å². The number of amides is 1. The van der Waals surface area contributed by atoms with Gasteiger partial charge in [-0.25, -0.2) is 4.68 Å². The molecular formula is C16H14ClN5OS. The van der Waals surface area contributed by atoms with Gasteiger partial charge in [-0.3, -0.25) is 4.79 Å². The normalized spacial score (nSPS) is 10.6. The van der Waals surface area contributed by atoms with Crippen LogP contribution in [0, 0.1) is 0 Å². The minimum Gasteiger partial charge on any atom is -0.321 e. The van der Waals surface area contributed by atoms with Crippen molar-refractivity contribution in [2.75, 3.05) is 11.1 Å². The molecule has 6 nitrogen and oxygen atoms in total. The van der Waals surface area contributed by atoms with Gasteiger partial charge in [-0.05, 0) is 52.6 Å². The molecule has 1 N–H and O–H groups in total. The standard InChI is InChI=1S/C16H14ClN5OS/c1-2-24-15-7-6-12(17)9-14(15)19-16(23)11-4-3-5-13(8-11)22-10-18-20-21-22/h3-10H,2H2,1H3,(H,19,23). The number of rotatable bonds is 5. The number of aromatic nitrogens is 4. The van der Waals surface area contributed by atoms with Gasteiger partial charge >= 0.3 is 0 Å². The lowest BCUT2D eigenvalue weighted by molar-refractivity contribution is 0.102. The Kier molecular flexibility index (Phi) is 5.12. The summed E-state index contributed by atoms with van der Waals surface area (Å²) in [5.41, 5.74) is 1.92. The van der Waals surface area contributed by atoms with E-state index in [-0.39, 0.29) is 5.91 Å². The Morgan fingerprint density at radius 2 is 2.17 bits per heavy atom. The average Bonchev–Trinajstić information content (AvgIpc) is 3.12. The van der Waals surface area contributed by atoms with Crippen molar-refractivity contribution in [2.24, 2.45) is 0 Å². The number of nitrogens with zero attached hydrogens (tertiary/aromatic N) is 4. The Hall–Kier alpha value is -2.38. The molecule has 1 heterocycles. The molecular weight excluding hydrogens is 346 g/mol. The highest BCUT2D eigenvalue weighted by atomic mass is 35.5. The van der Waals surface area contributed by atoms with Crippen LogP contribution in [0.15, 0.2) is 53.7 Å². The molecule has 0 saturated carbocycles. The topological polar surface area (TPSA) is 72.7 Å². The molecule has 0 bridgehead atoms. The zero-order chi connectivity index (χ0) is 16.9. The fourth-order valence-electron chi connectivity index (χ4n) is 2.14. The van der Waals surface area contributed by atoms with E-state index in [1.54, 1.807) is 36.0 Å². The smallest absolute Gasteiger partial charge is 0.255 e. The van der Waals surface area contributed by atoms with Crippen LogP contribution in [0.3, 0.4) is 0 Å². The molecule has 0 fully saturated rings. The minimum atomic E-state index is -0.217. The number of halogens is 1. The summed E-state index contributed by atoms with van der Waals surface area (Å²) < 4.78 is 1.49. The maximum atomic E-state index is 12.6. The monoisotopic (exact) mass is 359 g/mol. The summed E-state index contributed by atoms with van der Waals surface area (Å²) in [6.07, 6.45) is 1.48.